The van der Waals surface area contributed by atoms with E-state index in [-0.39, 0.29) is 0 Å². The molecule has 3 heteroatoms. The van der Waals surface area contributed by atoms with Crippen molar-refractivity contribution in [1.29, 1.82) is 0 Å². The predicted octanol–water partition coefficient (Wildman–Crippen LogP) is 5.27. The van der Waals surface area contributed by atoms with Gasteiger partial charge in [0.1, 0.15) is 0 Å². The zero-order valence-corrected chi connectivity index (χ0v) is 14.2. The van der Waals surface area contributed by atoms with Crippen LogP contribution in [0.5, 0.6) is 0 Å². The van der Waals surface area contributed by atoms with E-state index in [1.165, 1.54) is 17.5 Å². The summed E-state index contributed by atoms with van der Waals surface area (Å²) in [7, 11) is 0. The summed E-state index contributed by atoms with van der Waals surface area (Å²) in [6.45, 7) is 1.82. The van der Waals surface area contributed by atoms with Gasteiger partial charge < -0.3 is 4.74 Å². The lowest BCUT2D eigenvalue weighted by Gasteiger charge is -2.10. The molecule has 1 heterocycles. The van der Waals surface area contributed by atoms with Crippen molar-refractivity contribution in [2.45, 2.75) is 19.3 Å². The lowest BCUT2D eigenvalue weighted by Crippen LogP contribution is -2.04. The Hall–Kier alpha value is -0.830. The first kappa shape index (κ1) is 15.1. The van der Waals surface area contributed by atoms with Crippen LogP contribution in [0.3, 0.4) is 0 Å². The second-order valence-corrected chi connectivity index (χ2v) is 6.99. The summed E-state index contributed by atoms with van der Waals surface area (Å²) in [4.78, 5) is 0. The second kappa shape index (κ2) is 6.95. The minimum absolute atomic E-state index is 0.676. The van der Waals surface area contributed by atoms with Gasteiger partial charge in [0.15, 0.2) is 0 Å². The van der Waals surface area contributed by atoms with E-state index in [0.717, 1.165) is 41.1 Å². The van der Waals surface area contributed by atoms with Crippen molar-refractivity contribution in [2.75, 3.05) is 13.2 Å². The molecule has 2 aromatic carbocycles. The summed E-state index contributed by atoms with van der Waals surface area (Å²) in [6.07, 6.45) is 3.16. The maximum Gasteiger partial charge on any atom is 0.0498 e. The van der Waals surface area contributed by atoms with Crippen LogP contribution < -0.4 is 0 Å². The van der Waals surface area contributed by atoms with Crippen LogP contribution in [0.15, 0.2) is 46.9 Å². The first-order valence-corrected chi connectivity index (χ1v) is 8.47. The minimum atomic E-state index is 0.676. The smallest absolute Gasteiger partial charge is 0.0498 e. The Balaban J connectivity index is 1.74. The van der Waals surface area contributed by atoms with Crippen LogP contribution in [-0.2, 0) is 17.6 Å². The summed E-state index contributed by atoms with van der Waals surface area (Å²) in [6, 6.07) is 14.8. The van der Waals surface area contributed by atoms with Gasteiger partial charge in [0.25, 0.3) is 0 Å². The molecule has 1 aliphatic heterocycles. The van der Waals surface area contributed by atoms with E-state index < -0.39 is 0 Å². The molecular weight excluding hydrogens is 348 g/mol. The van der Waals surface area contributed by atoms with Gasteiger partial charge in [0.2, 0.25) is 0 Å². The predicted molar refractivity (Wildman–Crippen MR) is 91.0 cm³/mol. The van der Waals surface area contributed by atoms with E-state index in [9.17, 15) is 0 Å². The molecule has 0 saturated carbocycles. The molecule has 0 radical (unpaired) electrons. The van der Waals surface area contributed by atoms with E-state index in [0.29, 0.717) is 5.92 Å². The Bertz CT molecular complexity index is 620. The summed E-state index contributed by atoms with van der Waals surface area (Å²) < 4.78 is 6.53. The van der Waals surface area contributed by atoms with Gasteiger partial charge in [-0.2, -0.15) is 0 Å². The number of halogens is 2. The monoisotopic (exact) mass is 364 g/mol. The zero-order valence-electron chi connectivity index (χ0n) is 11.8. The van der Waals surface area contributed by atoms with E-state index in [1.807, 2.05) is 12.1 Å². The van der Waals surface area contributed by atoms with Gasteiger partial charge in [-0.25, -0.2) is 0 Å². The normalized spacial score (nSPS) is 18.1. The average molecular weight is 366 g/mol. The lowest BCUT2D eigenvalue weighted by atomic mass is 9.96. The van der Waals surface area contributed by atoms with Gasteiger partial charge in [-0.3, -0.25) is 0 Å². The summed E-state index contributed by atoms with van der Waals surface area (Å²) in [5.41, 5.74) is 3.87. The molecule has 110 valence electrons. The molecule has 1 atom stereocenters. The van der Waals surface area contributed by atoms with Crippen LogP contribution in [0, 0.1) is 5.92 Å². The van der Waals surface area contributed by atoms with Crippen LogP contribution in [-0.4, -0.2) is 13.2 Å². The average Bonchev–Trinajstić information content (AvgIpc) is 2.96. The molecule has 0 unspecified atom stereocenters. The maximum absolute atomic E-state index is 6.29. The van der Waals surface area contributed by atoms with Gasteiger partial charge >= 0.3 is 0 Å². The van der Waals surface area contributed by atoms with Crippen LogP contribution in [0.2, 0.25) is 5.02 Å². The minimum Gasteiger partial charge on any atom is -0.381 e. The summed E-state index contributed by atoms with van der Waals surface area (Å²) >= 11 is 9.80. The first-order chi connectivity index (χ1) is 10.2. The molecule has 1 fully saturated rings. The number of ether oxygens (including phenoxy) is 1. The van der Waals surface area contributed by atoms with E-state index >= 15 is 0 Å². The SMILES string of the molecule is Clc1ccc(Br)cc1Cc1cccc(C[C@H]2CCOC2)c1. The largest absolute Gasteiger partial charge is 0.381 e. The molecule has 2 aromatic rings. The first-order valence-electron chi connectivity index (χ1n) is 7.30. The Labute approximate surface area is 139 Å². The molecule has 21 heavy (non-hydrogen) atoms. The van der Waals surface area contributed by atoms with Crippen molar-refractivity contribution in [3.63, 3.8) is 0 Å². The van der Waals surface area contributed by atoms with Crippen LogP contribution in [0.4, 0.5) is 0 Å². The number of benzene rings is 2. The van der Waals surface area contributed by atoms with E-state index in [1.54, 1.807) is 0 Å². The molecule has 0 N–H and O–H groups in total. The van der Waals surface area contributed by atoms with Gasteiger partial charge in [0, 0.05) is 22.7 Å². The fourth-order valence-corrected chi connectivity index (χ4v) is 3.44. The van der Waals surface area contributed by atoms with Crippen LogP contribution >= 0.6 is 27.5 Å². The highest BCUT2D eigenvalue weighted by atomic mass is 79.9. The van der Waals surface area contributed by atoms with Gasteiger partial charge in [-0.05, 0) is 60.1 Å². The lowest BCUT2D eigenvalue weighted by molar-refractivity contribution is 0.186. The van der Waals surface area contributed by atoms with Gasteiger partial charge in [-0.15, -0.1) is 0 Å². The summed E-state index contributed by atoms with van der Waals surface area (Å²) in [5, 5.41) is 0.827. The fourth-order valence-electron chi connectivity index (χ4n) is 2.84. The third-order valence-corrected chi connectivity index (χ3v) is 4.80. The Kier molecular flexibility index (Phi) is 4.99. The molecule has 1 nitrogen and oxygen atoms in total. The third kappa shape index (κ3) is 4.09. The molecule has 0 bridgehead atoms. The Morgan fingerprint density at radius 1 is 1.14 bits per heavy atom. The van der Waals surface area contributed by atoms with Crippen molar-refractivity contribution >= 4 is 27.5 Å². The van der Waals surface area contributed by atoms with Gasteiger partial charge in [-0.1, -0.05) is 51.8 Å². The number of hydrogen-bond acceptors (Lipinski definition) is 1. The standard InChI is InChI=1S/C18H18BrClO/c19-17-4-5-18(20)16(11-17)10-14-3-1-2-13(8-14)9-15-6-7-21-12-15/h1-5,8,11,15H,6-7,9-10,12H2/t15-/m1/s1. The molecule has 3 rings (SSSR count). The number of rotatable bonds is 4. The molecule has 0 aliphatic carbocycles. The molecule has 0 spiro atoms. The molecule has 1 aliphatic rings. The van der Waals surface area contributed by atoms with E-state index in [4.69, 9.17) is 16.3 Å². The van der Waals surface area contributed by atoms with Crippen molar-refractivity contribution in [2.24, 2.45) is 5.92 Å². The molecule has 0 aromatic heterocycles. The van der Waals surface area contributed by atoms with Gasteiger partial charge in [0.05, 0.1) is 0 Å². The maximum atomic E-state index is 6.29. The Morgan fingerprint density at radius 2 is 2.00 bits per heavy atom. The van der Waals surface area contributed by atoms with Crippen LogP contribution in [0.25, 0.3) is 0 Å². The molecule has 0 amide bonds. The fraction of sp³-hybridized carbons (Fsp3) is 0.333. The van der Waals surface area contributed by atoms with Crippen molar-refractivity contribution in [1.82, 2.24) is 0 Å². The zero-order chi connectivity index (χ0) is 14.7. The van der Waals surface area contributed by atoms with Crippen molar-refractivity contribution in [3.8, 4) is 0 Å². The highest BCUT2D eigenvalue weighted by Crippen LogP contribution is 2.25. The van der Waals surface area contributed by atoms with Crippen molar-refractivity contribution < 1.29 is 4.74 Å². The molecular formula is C18H18BrClO. The Morgan fingerprint density at radius 3 is 2.81 bits per heavy atom. The van der Waals surface area contributed by atoms with E-state index in [2.05, 4.69) is 46.3 Å². The number of hydrogen-bond donors (Lipinski definition) is 0. The quantitative estimate of drug-likeness (QED) is 0.717. The van der Waals surface area contributed by atoms with Crippen molar-refractivity contribution in [3.05, 3.63) is 68.7 Å². The molecule has 1 saturated heterocycles. The van der Waals surface area contributed by atoms with Crippen LogP contribution in [0.1, 0.15) is 23.1 Å². The second-order valence-electron chi connectivity index (χ2n) is 5.67. The topological polar surface area (TPSA) is 9.23 Å². The third-order valence-electron chi connectivity index (χ3n) is 3.94. The highest BCUT2D eigenvalue weighted by Gasteiger charge is 2.16. The summed E-state index contributed by atoms with van der Waals surface area (Å²) in [5.74, 6) is 0.676. The highest BCUT2D eigenvalue weighted by molar-refractivity contribution is 9.10.